The lowest BCUT2D eigenvalue weighted by Crippen LogP contribution is -2.39. The third kappa shape index (κ3) is 3.06. The number of rotatable bonds is 5. The molecule has 1 unspecified atom stereocenters. The number of carboxylic acid groups (broad SMARTS) is 1. The average molecular weight is 332 g/mol. The number of para-hydroxylation sites is 1. The largest absolute Gasteiger partial charge is 0.480 e. The van der Waals surface area contributed by atoms with Crippen LogP contribution in [0.1, 0.15) is 17.8 Å². The van der Waals surface area contributed by atoms with Crippen LogP contribution in [0.5, 0.6) is 0 Å². The number of carboxylic acids is 1. The Morgan fingerprint density at radius 2 is 2.29 bits per heavy atom. The SMILES string of the molecule is COCc1c(C2=CCNC(C(=O)O)C2)nnn1-c1ccccc1F. The van der Waals surface area contributed by atoms with Gasteiger partial charge < -0.3 is 15.2 Å². The number of methoxy groups -OCH3 is 1. The van der Waals surface area contributed by atoms with Crippen LogP contribution in [0.3, 0.4) is 0 Å². The fourth-order valence-electron chi connectivity index (χ4n) is 2.70. The van der Waals surface area contributed by atoms with E-state index in [4.69, 9.17) is 4.74 Å². The summed E-state index contributed by atoms with van der Waals surface area (Å²) in [6.07, 6.45) is 2.15. The minimum atomic E-state index is -0.921. The summed E-state index contributed by atoms with van der Waals surface area (Å²) in [6.45, 7) is 0.602. The topological polar surface area (TPSA) is 89.3 Å². The summed E-state index contributed by atoms with van der Waals surface area (Å²) in [6, 6.07) is 5.57. The van der Waals surface area contributed by atoms with Crippen LogP contribution in [0.4, 0.5) is 4.39 Å². The van der Waals surface area contributed by atoms with Gasteiger partial charge in [-0.1, -0.05) is 23.4 Å². The summed E-state index contributed by atoms with van der Waals surface area (Å²) in [5, 5.41) is 20.3. The van der Waals surface area contributed by atoms with Crippen molar-refractivity contribution in [3.8, 4) is 5.69 Å². The van der Waals surface area contributed by atoms with Crippen LogP contribution in [0.15, 0.2) is 30.3 Å². The van der Waals surface area contributed by atoms with E-state index in [9.17, 15) is 14.3 Å². The number of aromatic nitrogens is 3. The van der Waals surface area contributed by atoms with Crippen LogP contribution in [0.2, 0.25) is 0 Å². The number of nitrogens with zero attached hydrogens (tertiary/aromatic N) is 3. The van der Waals surface area contributed by atoms with E-state index < -0.39 is 17.8 Å². The number of hydrogen-bond acceptors (Lipinski definition) is 5. The molecule has 2 aromatic rings. The predicted octanol–water partition coefficient (Wildman–Crippen LogP) is 1.38. The number of ether oxygens (including phenoxy) is 1. The molecule has 0 aliphatic carbocycles. The van der Waals surface area contributed by atoms with Gasteiger partial charge in [-0.15, -0.1) is 5.10 Å². The summed E-state index contributed by atoms with van der Waals surface area (Å²) >= 11 is 0. The molecule has 1 aliphatic heterocycles. The zero-order valence-electron chi connectivity index (χ0n) is 13.1. The summed E-state index contributed by atoms with van der Waals surface area (Å²) in [7, 11) is 1.53. The molecule has 1 aliphatic rings. The van der Waals surface area contributed by atoms with Crippen LogP contribution in [0.25, 0.3) is 11.3 Å². The molecule has 7 nitrogen and oxygen atoms in total. The second-order valence-electron chi connectivity index (χ2n) is 5.41. The van der Waals surface area contributed by atoms with Gasteiger partial charge in [-0.2, -0.15) is 0 Å². The Hall–Kier alpha value is -2.58. The Morgan fingerprint density at radius 3 is 3.00 bits per heavy atom. The number of nitrogens with one attached hydrogen (secondary N) is 1. The van der Waals surface area contributed by atoms with Gasteiger partial charge >= 0.3 is 5.97 Å². The van der Waals surface area contributed by atoms with E-state index in [2.05, 4.69) is 15.6 Å². The first-order valence-electron chi connectivity index (χ1n) is 7.45. The lowest BCUT2D eigenvalue weighted by atomic mass is 9.98. The van der Waals surface area contributed by atoms with Crippen molar-refractivity contribution in [1.29, 1.82) is 0 Å². The molecule has 24 heavy (non-hydrogen) atoms. The Labute approximate surface area is 137 Å². The Morgan fingerprint density at radius 1 is 1.50 bits per heavy atom. The maximum absolute atomic E-state index is 14.1. The second kappa shape index (κ2) is 6.90. The molecular weight excluding hydrogens is 315 g/mol. The van der Waals surface area contributed by atoms with Crippen LogP contribution in [-0.2, 0) is 16.1 Å². The predicted molar refractivity (Wildman–Crippen MR) is 84.1 cm³/mol. The van der Waals surface area contributed by atoms with Gasteiger partial charge in [0.2, 0.25) is 0 Å². The van der Waals surface area contributed by atoms with Gasteiger partial charge in [-0.05, 0) is 17.7 Å². The molecule has 1 aromatic carbocycles. The van der Waals surface area contributed by atoms with E-state index in [1.807, 2.05) is 6.08 Å². The van der Waals surface area contributed by atoms with E-state index in [1.165, 1.54) is 17.9 Å². The summed E-state index contributed by atoms with van der Waals surface area (Å²) in [5.41, 5.74) is 2.15. The fourth-order valence-corrected chi connectivity index (χ4v) is 2.70. The van der Waals surface area contributed by atoms with Gasteiger partial charge in [0, 0.05) is 20.1 Å². The van der Waals surface area contributed by atoms with E-state index in [1.54, 1.807) is 18.2 Å². The molecule has 0 spiro atoms. The first kappa shape index (κ1) is 16.3. The van der Waals surface area contributed by atoms with Crippen molar-refractivity contribution < 1.29 is 19.0 Å². The lowest BCUT2D eigenvalue weighted by Gasteiger charge is -2.20. The number of benzene rings is 1. The molecule has 3 rings (SSSR count). The average Bonchev–Trinajstić information content (AvgIpc) is 2.99. The molecule has 0 amide bonds. The van der Waals surface area contributed by atoms with E-state index >= 15 is 0 Å². The second-order valence-corrected chi connectivity index (χ2v) is 5.41. The Balaban J connectivity index is 2.02. The first-order valence-corrected chi connectivity index (χ1v) is 7.45. The smallest absolute Gasteiger partial charge is 0.321 e. The molecule has 2 N–H and O–H groups in total. The third-order valence-corrected chi connectivity index (χ3v) is 3.86. The van der Waals surface area contributed by atoms with E-state index in [0.29, 0.717) is 17.9 Å². The van der Waals surface area contributed by atoms with Crippen molar-refractivity contribution >= 4 is 11.5 Å². The molecule has 0 bridgehead atoms. The molecule has 8 heteroatoms. The minimum absolute atomic E-state index is 0.180. The maximum Gasteiger partial charge on any atom is 0.321 e. The van der Waals surface area contributed by atoms with Crippen molar-refractivity contribution in [2.75, 3.05) is 13.7 Å². The highest BCUT2D eigenvalue weighted by atomic mass is 19.1. The van der Waals surface area contributed by atoms with Crippen LogP contribution in [0, 0.1) is 5.82 Å². The molecule has 0 fully saturated rings. The van der Waals surface area contributed by atoms with E-state index in [0.717, 1.165) is 5.57 Å². The van der Waals surface area contributed by atoms with Crippen LogP contribution < -0.4 is 5.32 Å². The molecule has 0 saturated heterocycles. The molecular formula is C16H17FN4O3. The normalized spacial score (nSPS) is 17.6. The zero-order valence-corrected chi connectivity index (χ0v) is 13.1. The third-order valence-electron chi connectivity index (χ3n) is 3.86. The molecule has 0 saturated carbocycles. The fraction of sp³-hybridized carbons (Fsp3) is 0.312. The summed E-state index contributed by atoms with van der Waals surface area (Å²) < 4.78 is 20.7. The van der Waals surface area contributed by atoms with Gasteiger partial charge in [-0.3, -0.25) is 4.79 Å². The van der Waals surface area contributed by atoms with Crippen LogP contribution in [-0.4, -0.2) is 45.8 Å². The van der Waals surface area contributed by atoms with Gasteiger partial charge in [-0.25, -0.2) is 9.07 Å². The summed E-state index contributed by atoms with van der Waals surface area (Å²) in [4.78, 5) is 11.2. The standard InChI is InChI=1S/C16H17FN4O3/c1-24-9-14-15(10-6-7-18-12(8-10)16(22)23)19-20-21(14)13-5-3-2-4-11(13)17/h2-6,12,18H,7-9H2,1H3,(H,22,23). The number of aliphatic carboxylic acids is 1. The quantitative estimate of drug-likeness (QED) is 0.860. The molecule has 0 radical (unpaired) electrons. The number of carbonyl (C=O) groups is 1. The number of halogens is 1. The van der Waals surface area contributed by atoms with Crippen LogP contribution >= 0.6 is 0 Å². The first-order chi connectivity index (χ1) is 11.6. The molecule has 1 atom stereocenters. The highest BCUT2D eigenvalue weighted by molar-refractivity contribution is 5.79. The van der Waals surface area contributed by atoms with Gasteiger partial charge in [0.25, 0.3) is 0 Å². The maximum atomic E-state index is 14.1. The molecule has 1 aromatic heterocycles. The number of hydrogen-bond donors (Lipinski definition) is 2. The van der Waals surface area contributed by atoms with Crippen molar-refractivity contribution in [1.82, 2.24) is 20.3 Å². The summed E-state index contributed by atoms with van der Waals surface area (Å²) in [5.74, 6) is -1.34. The Kier molecular flexibility index (Phi) is 4.68. The van der Waals surface area contributed by atoms with Crippen molar-refractivity contribution in [3.05, 3.63) is 47.5 Å². The molecule has 2 heterocycles. The van der Waals surface area contributed by atoms with Gasteiger partial charge in [0.15, 0.2) is 0 Å². The van der Waals surface area contributed by atoms with Gasteiger partial charge in [0.1, 0.15) is 23.2 Å². The van der Waals surface area contributed by atoms with Crippen molar-refractivity contribution in [3.63, 3.8) is 0 Å². The lowest BCUT2D eigenvalue weighted by molar-refractivity contribution is -0.139. The molecule has 126 valence electrons. The monoisotopic (exact) mass is 332 g/mol. The minimum Gasteiger partial charge on any atom is -0.480 e. The van der Waals surface area contributed by atoms with E-state index in [-0.39, 0.29) is 18.7 Å². The van der Waals surface area contributed by atoms with Crippen molar-refractivity contribution in [2.45, 2.75) is 19.1 Å². The van der Waals surface area contributed by atoms with Crippen molar-refractivity contribution in [2.24, 2.45) is 0 Å². The highest BCUT2D eigenvalue weighted by Crippen LogP contribution is 2.26. The zero-order chi connectivity index (χ0) is 17.1. The van der Waals surface area contributed by atoms with Gasteiger partial charge in [0.05, 0.1) is 12.3 Å². The Bertz CT molecular complexity index is 787. The highest BCUT2D eigenvalue weighted by Gasteiger charge is 2.26.